The molecule has 0 aliphatic carbocycles. The molecule has 3 aromatic carbocycles. The van der Waals surface area contributed by atoms with E-state index in [2.05, 4.69) is 67.3 Å². The number of amidine groups is 1. The molecule has 41 heavy (non-hydrogen) atoms. The van der Waals surface area contributed by atoms with Crippen LogP contribution in [0.2, 0.25) is 0 Å². The second-order valence-electron chi connectivity index (χ2n) is 11.3. The standard InChI is InChI=1S/C35H44N2O4/c1-25(2)31(24-39-23-28-15-9-6-10-16-28)36-34(30-19-13-8-14-20-30)37-32(29-17-11-7-12-18-29)21-22-33(41-27(5)38)35(37)40-26(3)4/h6-20,25-26,31-33,35H,21-24H2,1-5H3/t31-,32+,33-,35-/m1/s1. The average Bonchev–Trinajstić information content (AvgIpc) is 2.97. The third-order valence-electron chi connectivity index (χ3n) is 7.30. The molecule has 1 heterocycles. The molecule has 1 fully saturated rings. The maximum absolute atomic E-state index is 12.2. The van der Waals surface area contributed by atoms with E-state index < -0.39 is 12.3 Å². The second kappa shape index (κ2) is 14.9. The third kappa shape index (κ3) is 8.51. The summed E-state index contributed by atoms with van der Waals surface area (Å²) in [6.07, 6.45) is 0.485. The maximum atomic E-state index is 12.2. The van der Waals surface area contributed by atoms with E-state index in [0.717, 1.165) is 23.4 Å². The van der Waals surface area contributed by atoms with Gasteiger partial charge in [0.25, 0.3) is 0 Å². The molecule has 0 bridgehead atoms. The molecule has 1 aliphatic rings. The van der Waals surface area contributed by atoms with Crippen LogP contribution in [0.1, 0.15) is 70.2 Å². The molecule has 1 aliphatic heterocycles. The van der Waals surface area contributed by atoms with Crippen molar-refractivity contribution in [3.05, 3.63) is 108 Å². The van der Waals surface area contributed by atoms with Gasteiger partial charge in [0, 0.05) is 12.5 Å². The Balaban J connectivity index is 1.79. The Morgan fingerprint density at radius 2 is 1.49 bits per heavy atom. The molecule has 0 N–H and O–H groups in total. The van der Waals surface area contributed by atoms with Crippen molar-refractivity contribution in [1.82, 2.24) is 4.90 Å². The molecule has 6 nitrogen and oxygen atoms in total. The van der Waals surface area contributed by atoms with Gasteiger partial charge in [-0.15, -0.1) is 0 Å². The largest absolute Gasteiger partial charge is 0.458 e. The fraction of sp³-hybridized carbons (Fsp3) is 0.429. The summed E-state index contributed by atoms with van der Waals surface area (Å²) in [6, 6.07) is 30.8. The zero-order chi connectivity index (χ0) is 29.2. The number of benzene rings is 3. The molecule has 218 valence electrons. The molecular weight excluding hydrogens is 512 g/mol. The van der Waals surface area contributed by atoms with Crippen molar-refractivity contribution < 1.29 is 19.0 Å². The summed E-state index contributed by atoms with van der Waals surface area (Å²) >= 11 is 0. The number of rotatable bonds is 11. The quantitative estimate of drug-likeness (QED) is 0.142. The molecule has 0 spiro atoms. The number of aliphatic imine (C=N–C) groups is 1. The summed E-state index contributed by atoms with van der Waals surface area (Å²) in [5.41, 5.74) is 3.30. The number of hydrogen-bond acceptors (Lipinski definition) is 5. The van der Waals surface area contributed by atoms with Gasteiger partial charge in [0.1, 0.15) is 11.9 Å². The first-order chi connectivity index (χ1) is 19.8. The fourth-order valence-corrected chi connectivity index (χ4v) is 5.28. The highest BCUT2D eigenvalue weighted by molar-refractivity contribution is 5.99. The van der Waals surface area contributed by atoms with Crippen molar-refractivity contribution in [1.29, 1.82) is 0 Å². The molecule has 0 radical (unpaired) electrons. The molecule has 0 unspecified atom stereocenters. The Kier molecular flexibility index (Phi) is 11.1. The Labute approximate surface area is 245 Å². The summed E-state index contributed by atoms with van der Waals surface area (Å²) in [6.45, 7) is 10.9. The lowest BCUT2D eigenvalue weighted by Crippen LogP contribution is -2.56. The van der Waals surface area contributed by atoms with Crippen LogP contribution in [-0.4, -0.2) is 47.8 Å². The molecule has 6 heteroatoms. The summed E-state index contributed by atoms with van der Waals surface area (Å²) in [5, 5.41) is 0. The summed E-state index contributed by atoms with van der Waals surface area (Å²) in [4.78, 5) is 19.9. The smallest absolute Gasteiger partial charge is 0.303 e. The van der Waals surface area contributed by atoms with Crippen molar-refractivity contribution >= 4 is 11.8 Å². The van der Waals surface area contributed by atoms with Gasteiger partial charge < -0.3 is 19.1 Å². The van der Waals surface area contributed by atoms with Gasteiger partial charge in [-0.05, 0) is 43.7 Å². The second-order valence-corrected chi connectivity index (χ2v) is 11.3. The van der Waals surface area contributed by atoms with Crippen LogP contribution in [-0.2, 0) is 25.6 Å². The van der Waals surface area contributed by atoms with Gasteiger partial charge in [0.05, 0.1) is 31.4 Å². The first kappa shape index (κ1) is 30.5. The summed E-state index contributed by atoms with van der Waals surface area (Å²) in [7, 11) is 0. The van der Waals surface area contributed by atoms with Crippen LogP contribution >= 0.6 is 0 Å². The number of likely N-dealkylation sites (tertiary alicyclic amines) is 1. The summed E-state index contributed by atoms with van der Waals surface area (Å²) in [5.74, 6) is 0.750. The molecule has 0 saturated carbocycles. The van der Waals surface area contributed by atoms with Crippen LogP contribution in [0.3, 0.4) is 0 Å². The minimum Gasteiger partial charge on any atom is -0.458 e. The number of esters is 1. The molecule has 0 aromatic heterocycles. The van der Waals surface area contributed by atoms with Crippen molar-refractivity contribution in [2.75, 3.05) is 6.61 Å². The Bertz CT molecular complexity index is 1230. The van der Waals surface area contributed by atoms with Crippen LogP contribution in [0, 0.1) is 5.92 Å². The maximum Gasteiger partial charge on any atom is 0.303 e. The topological polar surface area (TPSA) is 60.4 Å². The number of carbonyl (C=O) groups is 1. The van der Waals surface area contributed by atoms with Gasteiger partial charge in [-0.25, -0.2) is 0 Å². The van der Waals surface area contributed by atoms with Crippen LogP contribution < -0.4 is 0 Å². The van der Waals surface area contributed by atoms with E-state index in [0.29, 0.717) is 19.6 Å². The van der Waals surface area contributed by atoms with Crippen molar-refractivity contribution in [3.8, 4) is 0 Å². The zero-order valence-corrected chi connectivity index (χ0v) is 25.0. The monoisotopic (exact) mass is 556 g/mol. The van der Waals surface area contributed by atoms with Gasteiger partial charge in [-0.2, -0.15) is 0 Å². The number of nitrogens with zero attached hydrogens (tertiary/aromatic N) is 2. The summed E-state index contributed by atoms with van der Waals surface area (Å²) < 4.78 is 18.7. The predicted octanol–water partition coefficient (Wildman–Crippen LogP) is 7.19. The predicted molar refractivity (Wildman–Crippen MR) is 164 cm³/mol. The highest BCUT2D eigenvalue weighted by Crippen LogP contribution is 2.38. The lowest BCUT2D eigenvalue weighted by Gasteiger charge is -2.48. The van der Waals surface area contributed by atoms with Crippen LogP contribution in [0.15, 0.2) is 96.0 Å². The van der Waals surface area contributed by atoms with Crippen molar-refractivity contribution in [3.63, 3.8) is 0 Å². The molecular formula is C35H44N2O4. The minimum absolute atomic E-state index is 0.0104. The van der Waals surface area contributed by atoms with Crippen LogP contribution in [0.4, 0.5) is 0 Å². The fourth-order valence-electron chi connectivity index (χ4n) is 5.28. The number of piperidine rings is 1. The van der Waals surface area contributed by atoms with E-state index in [4.69, 9.17) is 19.2 Å². The number of carbonyl (C=O) groups excluding carboxylic acids is 1. The lowest BCUT2D eigenvalue weighted by molar-refractivity contribution is -0.185. The highest BCUT2D eigenvalue weighted by atomic mass is 16.6. The van der Waals surface area contributed by atoms with Crippen LogP contribution in [0.25, 0.3) is 0 Å². The third-order valence-corrected chi connectivity index (χ3v) is 7.30. The lowest BCUT2D eigenvalue weighted by atomic mass is 9.91. The molecule has 1 saturated heterocycles. The van der Waals surface area contributed by atoms with Crippen molar-refractivity contribution in [2.45, 2.75) is 84.6 Å². The van der Waals surface area contributed by atoms with Gasteiger partial charge in [0.15, 0.2) is 6.23 Å². The molecule has 4 rings (SSSR count). The Morgan fingerprint density at radius 3 is 2.07 bits per heavy atom. The Morgan fingerprint density at radius 1 is 0.878 bits per heavy atom. The van der Waals surface area contributed by atoms with E-state index >= 15 is 0 Å². The van der Waals surface area contributed by atoms with E-state index in [-0.39, 0.29) is 30.1 Å². The molecule has 3 aromatic rings. The van der Waals surface area contributed by atoms with Gasteiger partial charge >= 0.3 is 5.97 Å². The van der Waals surface area contributed by atoms with E-state index in [1.807, 2.05) is 56.3 Å². The molecule has 0 amide bonds. The van der Waals surface area contributed by atoms with E-state index in [9.17, 15) is 4.79 Å². The van der Waals surface area contributed by atoms with E-state index in [1.165, 1.54) is 12.5 Å². The average molecular weight is 557 g/mol. The molecule has 4 atom stereocenters. The zero-order valence-electron chi connectivity index (χ0n) is 25.0. The SMILES string of the molecule is CC(=O)O[C@@H]1CC[C@@H](c2ccccc2)N(C(=N[C@H](COCc2ccccc2)C(C)C)c2ccccc2)[C@@H]1OC(C)C. The Hall–Kier alpha value is -3.48. The minimum atomic E-state index is -0.505. The van der Waals surface area contributed by atoms with Crippen molar-refractivity contribution in [2.24, 2.45) is 10.9 Å². The van der Waals surface area contributed by atoms with Gasteiger partial charge in [0.2, 0.25) is 0 Å². The van der Waals surface area contributed by atoms with Crippen LogP contribution in [0.5, 0.6) is 0 Å². The first-order valence-corrected chi connectivity index (χ1v) is 14.7. The van der Waals surface area contributed by atoms with Gasteiger partial charge in [-0.3, -0.25) is 9.79 Å². The van der Waals surface area contributed by atoms with Gasteiger partial charge in [-0.1, -0.05) is 105 Å². The number of ether oxygens (including phenoxy) is 3. The normalized spacial score (nSPS) is 20.3. The first-order valence-electron chi connectivity index (χ1n) is 14.7. The highest BCUT2D eigenvalue weighted by Gasteiger charge is 2.43. The number of hydrogen-bond donors (Lipinski definition) is 0. The van der Waals surface area contributed by atoms with E-state index in [1.54, 1.807) is 0 Å².